The molecule has 2 aromatic heterocycles. The number of hydrogen-bond donors (Lipinski definition) is 1. The van der Waals surface area contributed by atoms with Gasteiger partial charge in [-0.15, -0.1) is 0 Å². The number of ether oxygens (including phenoxy) is 2. The van der Waals surface area contributed by atoms with E-state index in [9.17, 15) is 10.1 Å². The van der Waals surface area contributed by atoms with Crippen molar-refractivity contribution in [2.24, 2.45) is 0 Å². The molecule has 2 aromatic carbocycles. The summed E-state index contributed by atoms with van der Waals surface area (Å²) in [6, 6.07) is 15.4. The molecule has 11 heteroatoms. The first-order valence-corrected chi connectivity index (χ1v) is 13.8. The number of piperidine rings is 1. The van der Waals surface area contributed by atoms with Crippen LogP contribution in [0.5, 0.6) is 11.5 Å². The third kappa shape index (κ3) is 5.94. The molecule has 4 aromatic rings. The molecule has 1 aliphatic heterocycles. The lowest BCUT2D eigenvalue weighted by atomic mass is 10.0. The van der Waals surface area contributed by atoms with E-state index in [1.165, 1.54) is 12.4 Å². The average Bonchev–Trinajstić information content (AvgIpc) is 3.37. The van der Waals surface area contributed by atoms with E-state index in [1.54, 1.807) is 53.8 Å². The lowest BCUT2D eigenvalue weighted by Gasteiger charge is -2.33. The fraction of sp³-hybridized carbons (Fsp3) is 0.323. The summed E-state index contributed by atoms with van der Waals surface area (Å²) in [6.07, 6.45) is 4.28. The number of nitrogens with zero attached hydrogens (tertiary/aromatic N) is 6. The molecular formula is C31H32FN7O3. The second-order valence-electron chi connectivity index (χ2n) is 10.6. The minimum atomic E-state index is -0.766. The smallest absolute Gasteiger partial charge is 0.264 e. The standard InChI is InChI=1S/C31H32FN7O3/c1-4-41-31(2,3)16-20(17-33)30(40)38-14-8-9-21(18-38)39-29-26(28(34)35-19-36-29)27(37-39)24-13-12-23(15-25(24)32)42-22-10-6-5-7-11-22/h5-7,10-13,15-16,19,21H,4,8-9,14,18H2,1-3H3,(H2,34,35,36). The Morgan fingerprint density at radius 2 is 2.00 bits per heavy atom. The van der Waals surface area contributed by atoms with Gasteiger partial charge >= 0.3 is 0 Å². The molecule has 10 nitrogen and oxygen atoms in total. The van der Waals surface area contributed by atoms with Gasteiger partial charge < -0.3 is 20.1 Å². The Morgan fingerprint density at radius 1 is 1.21 bits per heavy atom. The topological polar surface area (TPSA) is 132 Å². The van der Waals surface area contributed by atoms with Crippen molar-refractivity contribution in [2.45, 2.75) is 45.3 Å². The zero-order valence-corrected chi connectivity index (χ0v) is 23.7. The van der Waals surface area contributed by atoms with E-state index in [0.29, 0.717) is 60.8 Å². The van der Waals surface area contributed by atoms with E-state index in [0.717, 1.165) is 0 Å². The molecule has 5 rings (SSSR count). The van der Waals surface area contributed by atoms with Gasteiger partial charge in [-0.1, -0.05) is 18.2 Å². The molecule has 42 heavy (non-hydrogen) atoms. The van der Waals surface area contributed by atoms with Crippen LogP contribution in [0.3, 0.4) is 0 Å². The van der Waals surface area contributed by atoms with Crippen molar-refractivity contribution >= 4 is 22.8 Å². The molecule has 1 aliphatic rings. The molecule has 216 valence electrons. The van der Waals surface area contributed by atoms with E-state index in [4.69, 9.17) is 20.3 Å². The van der Waals surface area contributed by atoms with Gasteiger partial charge in [-0.25, -0.2) is 19.0 Å². The zero-order valence-electron chi connectivity index (χ0n) is 23.7. The fourth-order valence-electron chi connectivity index (χ4n) is 5.23. The summed E-state index contributed by atoms with van der Waals surface area (Å²) in [4.78, 5) is 23.6. The van der Waals surface area contributed by atoms with Gasteiger partial charge in [0.25, 0.3) is 5.91 Å². The molecule has 0 radical (unpaired) electrons. The molecule has 1 fully saturated rings. The first-order chi connectivity index (χ1) is 20.2. The Hall–Kier alpha value is -4.82. The van der Waals surface area contributed by atoms with Crippen LogP contribution in [0.1, 0.15) is 39.7 Å². The molecule has 0 spiro atoms. The predicted molar refractivity (Wildman–Crippen MR) is 156 cm³/mol. The van der Waals surface area contributed by atoms with Gasteiger partial charge in [-0.05, 0) is 64.0 Å². The van der Waals surface area contributed by atoms with Gasteiger partial charge in [0.15, 0.2) is 5.65 Å². The predicted octanol–water partition coefficient (Wildman–Crippen LogP) is 5.44. The Kier molecular flexibility index (Phi) is 8.17. The first kappa shape index (κ1) is 28.7. The summed E-state index contributed by atoms with van der Waals surface area (Å²) in [5.74, 6) is 0.178. The zero-order chi connectivity index (χ0) is 29.9. The fourth-order valence-corrected chi connectivity index (χ4v) is 5.23. The summed E-state index contributed by atoms with van der Waals surface area (Å²) in [5.41, 5.74) is 6.48. The van der Waals surface area contributed by atoms with Crippen LogP contribution >= 0.6 is 0 Å². The number of carbonyl (C=O) groups excluding carboxylic acids is 1. The number of likely N-dealkylation sites (tertiary alicyclic amines) is 1. The maximum atomic E-state index is 15.5. The van der Waals surface area contributed by atoms with Crippen molar-refractivity contribution in [2.75, 3.05) is 25.4 Å². The van der Waals surface area contributed by atoms with Crippen molar-refractivity contribution in [1.29, 1.82) is 5.26 Å². The molecule has 0 aliphatic carbocycles. The van der Waals surface area contributed by atoms with Crippen LogP contribution < -0.4 is 10.5 Å². The van der Waals surface area contributed by atoms with E-state index >= 15 is 4.39 Å². The first-order valence-electron chi connectivity index (χ1n) is 13.8. The van der Waals surface area contributed by atoms with Crippen LogP contribution in [0.15, 0.2) is 66.5 Å². The number of fused-ring (bicyclic) bond motifs is 1. The molecular weight excluding hydrogens is 537 g/mol. The monoisotopic (exact) mass is 569 g/mol. The number of nitrogens with two attached hydrogens (primary N) is 1. The number of benzene rings is 2. The van der Waals surface area contributed by atoms with Gasteiger partial charge in [-0.2, -0.15) is 10.4 Å². The molecule has 2 N–H and O–H groups in total. The van der Waals surface area contributed by atoms with Crippen LogP contribution in [0.2, 0.25) is 0 Å². The number of nitriles is 1. The SMILES string of the molecule is CCOC(C)(C)C=C(C#N)C(=O)N1CCCC(n2nc(-c3ccc(Oc4ccccc4)cc3F)c3c(N)ncnc32)C1. The highest BCUT2D eigenvalue weighted by Crippen LogP contribution is 2.36. The highest BCUT2D eigenvalue weighted by atomic mass is 19.1. The number of aromatic nitrogens is 4. The second-order valence-corrected chi connectivity index (χ2v) is 10.6. The summed E-state index contributed by atoms with van der Waals surface area (Å²) in [7, 11) is 0. The van der Waals surface area contributed by atoms with Crippen LogP contribution in [0, 0.1) is 17.1 Å². The van der Waals surface area contributed by atoms with Crippen LogP contribution in [0.4, 0.5) is 10.2 Å². The molecule has 0 saturated carbocycles. The average molecular weight is 570 g/mol. The highest BCUT2D eigenvalue weighted by Gasteiger charge is 2.31. The summed E-state index contributed by atoms with van der Waals surface area (Å²) in [5, 5.41) is 15.0. The van der Waals surface area contributed by atoms with Gasteiger partial charge in [0.2, 0.25) is 0 Å². The van der Waals surface area contributed by atoms with Crippen LogP contribution in [-0.4, -0.2) is 55.9 Å². The number of rotatable bonds is 8. The number of amides is 1. The lowest BCUT2D eigenvalue weighted by molar-refractivity contribution is -0.128. The van der Waals surface area contributed by atoms with E-state index in [2.05, 4.69) is 9.97 Å². The number of para-hydroxylation sites is 1. The Labute approximate surface area is 243 Å². The van der Waals surface area contributed by atoms with Crippen molar-refractivity contribution in [1.82, 2.24) is 24.6 Å². The number of hydrogen-bond acceptors (Lipinski definition) is 8. The molecule has 1 unspecified atom stereocenters. The molecule has 1 saturated heterocycles. The summed E-state index contributed by atoms with van der Waals surface area (Å²) in [6.45, 7) is 6.70. The maximum Gasteiger partial charge on any atom is 0.264 e. The third-order valence-electron chi connectivity index (χ3n) is 7.08. The molecule has 1 atom stereocenters. The number of anilines is 1. The second kappa shape index (κ2) is 12.0. The molecule has 3 heterocycles. The molecule has 0 bridgehead atoms. The van der Waals surface area contributed by atoms with Crippen LogP contribution in [-0.2, 0) is 9.53 Å². The van der Waals surface area contributed by atoms with Crippen LogP contribution in [0.25, 0.3) is 22.3 Å². The highest BCUT2D eigenvalue weighted by molar-refractivity contribution is 5.99. The third-order valence-corrected chi connectivity index (χ3v) is 7.08. The van der Waals surface area contributed by atoms with Gasteiger partial charge in [0, 0.05) is 31.3 Å². The van der Waals surface area contributed by atoms with Gasteiger partial charge in [-0.3, -0.25) is 4.79 Å². The largest absolute Gasteiger partial charge is 0.457 e. The number of halogens is 1. The van der Waals surface area contributed by atoms with E-state index < -0.39 is 11.4 Å². The summed E-state index contributed by atoms with van der Waals surface area (Å²) >= 11 is 0. The van der Waals surface area contributed by atoms with E-state index in [1.807, 2.05) is 31.2 Å². The minimum absolute atomic E-state index is 0.0200. The normalized spacial score (nSPS) is 15.9. The van der Waals surface area contributed by atoms with Gasteiger partial charge in [0.1, 0.15) is 46.8 Å². The summed E-state index contributed by atoms with van der Waals surface area (Å²) < 4.78 is 28.7. The maximum absolute atomic E-state index is 15.5. The number of carbonyl (C=O) groups is 1. The van der Waals surface area contributed by atoms with Crippen molar-refractivity contribution < 1.29 is 18.7 Å². The van der Waals surface area contributed by atoms with Crippen molar-refractivity contribution in [3.05, 3.63) is 72.3 Å². The van der Waals surface area contributed by atoms with Crippen molar-refractivity contribution in [3.8, 4) is 28.8 Å². The Balaban J connectivity index is 1.47. The van der Waals surface area contributed by atoms with Crippen molar-refractivity contribution in [3.63, 3.8) is 0 Å². The quantitative estimate of drug-likeness (QED) is 0.219. The lowest BCUT2D eigenvalue weighted by Crippen LogP contribution is -2.42. The minimum Gasteiger partial charge on any atom is -0.457 e. The Bertz CT molecular complexity index is 1680. The number of nitrogen functional groups attached to an aromatic ring is 1. The van der Waals surface area contributed by atoms with E-state index in [-0.39, 0.29) is 28.9 Å². The molecule has 1 amide bonds. The van der Waals surface area contributed by atoms with Gasteiger partial charge in [0.05, 0.1) is 17.0 Å². The Morgan fingerprint density at radius 3 is 2.71 bits per heavy atom.